The standard InChI is InChI=1S/C19H27N3O2/c1-2-20-19(24)22-10-8-21(9-11-22)18(23)14-17-13-16(17)12-15-6-4-3-5-7-15/h3-7,16-17H,2,8-14H2,1H3,(H,20,24)/t16-,17+/m1/s1. The molecule has 0 aromatic heterocycles. The van der Waals surface area contributed by atoms with Crippen molar-refractivity contribution < 1.29 is 9.59 Å². The molecule has 24 heavy (non-hydrogen) atoms. The zero-order valence-corrected chi connectivity index (χ0v) is 14.4. The van der Waals surface area contributed by atoms with E-state index in [0.717, 1.165) is 6.42 Å². The number of piperazine rings is 1. The molecular formula is C19H27N3O2. The smallest absolute Gasteiger partial charge is 0.317 e. The first-order valence-corrected chi connectivity index (χ1v) is 9.02. The van der Waals surface area contributed by atoms with Crippen LogP contribution in [0.4, 0.5) is 4.79 Å². The molecule has 1 saturated heterocycles. The topological polar surface area (TPSA) is 52.7 Å². The quantitative estimate of drug-likeness (QED) is 0.900. The minimum absolute atomic E-state index is 0.0188. The highest BCUT2D eigenvalue weighted by atomic mass is 16.2. The van der Waals surface area contributed by atoms with Crippen molar-refractivity contribution in [3.05, 3.63) is 35.9 Å². The number of amides is 3. The Kier molecular flexibility index (Phi) is 5.38. The first-order chi connectivity index (χ1) is 11.7. The number of rotatable bonds is 5. The molecule has 1 saturated carbocycles. The number of carbonyl (C=O) groups excluding carboxylic acids is 2. The van der Waals surface area contributed by atoms with E-state index < -0.39 is 0 Å². The van der Waals surface area contributed by atoms with Gasteiger partial charge in [-0.2, -0.15) is 0 Å². The minimum atomic E-state index is -0.0188. The van der Waals surface area contributed by atoms with Gasteiger partial charge in [-0.1, -0.05) is 30.3 Å². The van der Waals surface area contributed by atoms with Gasteiger partial charge in [0.05, 0.1) is 0 Å². The summed E-state index contributed by atoms with van der Waals surface area (Å²) >= 11 is 0. The Morgan fingerprint density at radius 3 is 2.38 bits per heavy atom. The average Bonchev–Trinajstić information content (AvgIpc) is 3.33. The largest absolute Gasteiger partial charge is 0.339 e. The lowest BCUT2D eigenvalue weighted by molar-refractivity contribution is -0.133. The van der Waals surface area contributed by atoms with Gasteiger partial charge in [0.1, 0.15) is 0 Å². The van der Waals surface area contributed by atoms with Crippen LogP contribution < -0.4 is 5.32 Å². The molecule has 130 valence electrons. The van der Waals surface area contributed by atoms with Crippen molar-refractivity contribution in [2.75, 3.05) is 32.7 Å². The highest BCUT2D eigenvalue weighted by molar-refractivity contribution is 5.78. The van der Waals surface area contributed by atoms with E-state index in [1.807, 2.05) is 17.9 Å². The molecule has 1 N–H and O–H groups in total. The van der Waals surface area contributed by atoms with Gasteiger partial charge in [-0.05, 0) is 37.2 Å². The monoisotopic (exact) mass is 329 g/mol. The van der Waals surface area contributed by atoms with Gasteiger partial charge in [-0.3, -0.25) is 4.79 Å². The Labute approximate surface area is 144 Å². The third-order valence-corrected chi connectivity index (χ3v) is 5.09. The lowest BCUT2D eigenvalue weighted by atomic mass is 10.1. The minimum Gasteiger partial charge on any atom is -0.339 e. The summed E-state index contributed by atoms with van der Waals surface area (Å²) in [6, 6.07) is 10.5. The molecule has 3 amide bonds. The van der Waals surface area contributed by atoms with Gasteiger partial charge < -0.3 is 15.1 Å². The molecule has 5 nitrogen and oxygen atoms in total. The lowest BCUT2D eigenvalue weighted by Gasteiger charge is -2.34. The molecule has 1 aromatic rings. The van der Waals surface area contributed by atoms with Crippen LogP contribution in [-0.2, 0) is 11.2 Å². The normalized spacial score (nSPS) is 23.0. The van der Waals surface area contributed by atoms with Gasteiger partial charge in [0.15, 0.2) is 0 Å². The molecule has 0 unspecified atom stereocenters. The zero-order chi connectivity index (χ0) is 16.9. The number of hydrogen-bond donors (Lipinski definition) is 1. The van der Waals surface area contributed by atoms with Crippen molar-refractivity contribution in [1.82, 2.24) is 15.1 Å². The summed E-state index contributed by atoms with van der Waals surface area (Å²) in [6.07, 6.45) is 2.92. The van der Waals surface area contributed by atoms with E-state index in [4.69, 9.17) is 0 Å². The third-order valence-electron chi connectivity index (χ3n) is 5.09. The number of nitrogens with zero attached hydrogens (tertiary/aromatic N) is 2. The van der Waals surface area contributed by atoms with Crippen molar-refractivity contribution in [2.45, 2.75) is 26.2 Å². The van der Waals surface area contributed by atoms with E-state index in [1.54, 1.807) is 4.90 Å². The van der Waals surface area contributed by atoms with Crippen LogP contribution in [-0.4, -0.2) is 54.5 Å². The first kappa shape index (κ1) is 16.8. The van der Waals surface area contributed by atoms with E-state index in [2.05, 4.69) is 29.6 Å². The van der Waals surface area contributed by atoms with Crippen molar-refractivity contribution in [3.8, 4) is 0 Å². The second-order valence-electron chi connectivity index (χ2n) is 6.85. The summed E-state index contributed by atoms with van der Waals surface area (Å²) in [6.45, 7) is 5.14. The molecule has 1 aliphatic carbocycles. The molecule has 1 aliphatic heterocycles. The molecule has 3 rings (SSSR count). The maximum absolute atomic E-state index is 12.5. The molecule has 5 heteroatoms. The molecule has 1 heterocycles. The third kappa shape index (κ3) is 4.28. The SMILES string of the molecule is CCNC(=O)N1CCN(C(=O)C[C@@H]2C[C@H]2Cc2ccccc2)CC1. The number of urea groups is 1. The average molecular weight is 329 g/mol. The second kappa shape index (κ2) is 7.69. The van der Waals surface area contributed by atoms with Crippen molar-refractivity contribution in [1.29, 1.82) is 0 Å². The molecular weight excluding hydrogens is 302 g/mol. The lowest BCUT2D eigenvalue weighted by Crippen LogP contribution is -2.53. The Hall–Kier alpha value is -2.04. The highest BCUT2D eigenvalue weighted by Gasteiger charge is 2.39. The maximum atomic E-state index is 12.5. The van der Waals surface area contributed by atoms with E-state index in [9.17, 15) is 9.59 Å². The summed E-state index contributed by atoms with van der Waals surface area (Å²) in [7, 11) is 0. The van der Waals surface area contributed by atoms with Gasteiger partial charge in [0.2, 0.25) is 5.91 Å². The van der Waals surface area contributed by atoms with Crippen molar-refractivity contribution in [3.63, 3.8) is 0 Å². The molecule has 2 aliphatic rings. The number of nitrogens with one attached hydrogen (secondary N) is 1. The van der Waals surface area contributed by atoms with Crippen LogP contribution in [0, 0.1) is 11.8 Å². The molecule has 0 radical (unpaired) electrons. The van der Waals surface area contributed by atoms with Gasteiger partial charge in [0.25, 0.3) is 0 Å². The molecule has 1 aromatic carbocycles. The van der Waals surface area contributed by atoms with Crippen molar-refractivity contribution in [2.24, 2.45) is 11.8 Å². The summed E-state index contributed by atoms with van der Waals surface area (Å²) in [5, 5.41) is 2.81. The fraction of sp³-hybridized carbons (Fsp3) is 0.579. The molecule has 2 fully saturated rings. The summed E-state index contributed by atoms with van der Waals surface area (Å²) in [5.74, 6) is 1.46. The molecule has 0 bridgehead atoms. The summed E-state index contributed by atoms with van der Waals surface area (Å²) in [4.78, 5) is 28.0. The Bertz CT molecular complexity index is 567. The summed E-state index contributed by atoms with van der Waals surface area (Å²) in [5.41, 5.74) is 1.37. The van der Waals surface area contributed by atoms with Crippen LogP contribution in [0.25, 0.3) is 0 Å². The van der Waals surface area contributed by atoms with Crippen LogP contribution in [0.5, 0.6) is 0 Å². The van der Waals surface area contributed by atoms with Gasteiger partial charge >= 0.3 is 6.03 Å². The maximum Gasteiger partial charge on any atom is 0.317 e. The first-order valence-electron chi connectivity index (χ1n) is 9.02. The molecule has 2 atom stereocenters. The van der Waals surface area contributed by atoms with Crippen LogP contribution >= 0.6 is 0 Å². The van der Waals surface area contributed by atoms with Gasteiger partial charge in [0, 0.05) is 39.1 Å². The van der Waals surface area contributed by atoms with E-state index in [-0.39, 0.29) is 11.9 Å². The number of carbonyl (C=O) groups is 2. The van der Waals surface area contributed by atoms with Gasteiger partial charge in [-0.25, -0.2) is 4.79 Å². The van der Waals surface area contributed by atoms with Crippen molar-refractivity contribution >= 4 is 11.9 Å². The fourth-order valence-electron chi connectivity index (χ4n) is 3.50. The predicted molar refractivity (Wildman–Crippen MR) is 93.6 cm³/mol. The summed E-state index contributed by atoms with van der Waals surface area (Å²) < 4.78 is 0. The van der Waals surface area contributed by atoms with Crippen LogP contribution in [0.1, 0.15) is 25.3 Å². The fourth-order valence-corrected chi connectivity index (χ4v) is 3.50. The van der Waals surface area contributed by atoms with Crippen LogP contribution in [0.3, 0.4) is 0 Å². The van der Waals surface area contributed by atoms with E-state index >= 15 is 0 Å². The number of benzene rings is 1. The highest BCUT2D eigenvalue weighted by Crippen LogP contribution is 2.43. The molecule has 0 spiro atoms. The predicted octanol–water partition coefficient (Wildman–Crippen LogP) is 2.13. The number of hydrogen-bond acceptors (Lipinski definition) is 2. The van der Waals surface area contributed by atoms with E-state index in [0.29, 0.717) is 51.0 Å². The van der Waals surface area contributed by atoms with Gasteiger partial charge in [-0.15, -0.1) is 0 Å². The Morgan fingerprint density at radius 2 is 1.71 bits per heavy atom. The second-order valence-corrected chi connectivity index (χ2v) is 6.85. The zero-order valence-electron chi connectivity index (χ0n) is 14.4. The van der Waals surface area contributed by atoms with Crippen LogP contribution in [0.2, 0.25) is 0 Å². The Balaban J connectivity index is 1.39. The van der Waals surface area contributed by atoms with E-state index in [1.165, 1.54) is 12.0 Å². The van der Waals surface area contributed by atoms with Crippen LogP contribution in [0.15, 0.2) is 30.3 Å². The Morgan fingerprint density at radius 1 is 1.04 bits per heavy atom.